The zero-order chi connectivity index (χ0) is 32.6. The first kappa shape index (κ1) is 32.5. The van der Waals surface area contributed by atoms with E-state index in [-0.39, 0.29) is 51.2 Å². The first-order valence-electron chi connectivity index (χ1n) is 17.7. The van der Waals surface area contributed by atoms with Gasteiger partial charge >= 0.3 is 5.97 Å². The van der Waals surface area contributed by atoms with Gasteiger partial charge in [-0.2, -0.15) is 0 Å². The molecule has 45 heavy (non-hydrogen) atoms. The van der Waals surface area contributed by atoms with Crippen molar-refractivity contribution < 1.29 is 19.1 Å². The molecule has 4 unspecified atom stereocenters. The third kappa shape index (κ3) is 4.71. The molecule has 8 atom stereocenters. The molecule has 0 radical (unpaired) electrons. The number of amides is 1. The number of fused-ring (bicyclic) bond motifs is 7. The van der Waals surface area contributed by atoms with Crippen molar-refractivity contribution in [2.75, 3.05) is 13.7 Å². The van der Waals surface area contributed by atoms with E-state index in [1.54, 1.807) is 7.11 Å². The van der Waals surface area contributed by atoms with Gasteiger partial charge in [-0.15, -0.1) is 0 Å². The van der Waals surface area contributed by atoms with E-state index < -0.39 is 16.7 Å². The van der Waals surface area contributed by atoms with Crippen LogP contribution in [0, 0.1) is 56.2 Å². The van der Waals surface area contributed by atoms with Gasteiger partial charge in [0.25, 0.3) is 0 Å². The fourth-order valence-electron chi connectivity index (χ4n) is 12.1. The first-order valence-corrected chi connectivity index (χ1v) is 17.7. The van der Waals surface area contributed by atoms with Crippen LogP contribution in [0.1, 0.15) is 112 Å². The summed E-state index contributed by atoms with van der Waals surface area (Å²) in [7, 11) is 1.57. The van der Waals surface area contributed by atoms with Crippen molar-refractivity contribution in [3.8, 4) is 0 Å². The second-order valence-electron chi connectivity index (χ2n) is 17.7. The standard InChI is InChI=1S/C40H57NO4/c1-35(2)19-21-40(34(44)45-8)22-20-38(6)28(29(40)25-35)14-15-31-37(5)24-27(33(43)41-23-17-26-12-10-9-11-13-26)32(42)36(3,4)30(37)16-18-39(31,38)7/h9-14,27,29-31H,15-25H2,1-8H3,(H,41,43)/t27?,29?,30?,31?,37-,38+,39+,40-/m0/s1. The van der Waals surface area contributed by atoms with Crippen LogP contribution in [0.2, 0.25) is 0 Å². The number of methoxy groups -OCH3 is 1. The molecular weight excluding hydrogens is 558 g/mol. The lowest BCUT2D eigenvalue weighted by atomic mass is 9.33. The summed E-state index contributed by atoms with van der Waals surface area (Å²) in [6.45, 7) is 17.0. The van der Waals surface area contributed by atoms with Crippen molar-refractivity contribution in [2.24, 2.45) is 56.2 Å². The number of carbonyl (C=O) groups is 3. The number of Topliss-reactive ketones (excluding diaryl/α,β-unsaturated/α-hetero) is 1. The number of ether oxygens (including phenoxy) is 1. The Kier molecular flexibility index (Phi) is 7.81. The maximum Gasteiger partial charge on any atom is 0.312 e. The molecule has 0 bridgehead atoms. The largest absolute Gasteiger partial charge is 0.469 e. The highest BCUT2D eigenvalue weighted by Gasteiger charge is 2.70. The summed E-state index contributed by atoms with van der Waals surface area (Å²) < 4.78 is 5.53. The lowest BCUT2D eigenvalue weighted by molar-refractivity contribution is -0.196. The first-order chi connectivity index (χ1) is 21.1. The number of rotatable bonds is 5. The number of ketones is 1. The van der Waals surface area contributed by atoms with E-state index in [4.69, 9.17) is 4.74 Å². The quantitative estimate of drug-likeness (QED) is 0.206. The summed E-state index contributed by atoms with van der Waals surface area (Å²) in [5, 5.41) is 3.16. The van der Waals surface area contributed by atoms with E-state index in [2.05, 4.69) is 72.0 Å². The number of nitrogens with one attached hydrogen (secondary N) is 1. The highest BCUT2D eigenvalue weighted by Crippen LogP contribution is 2.75. The Morgan fingerprint density at radius 1 is 0.889 bits per heavy atom. The Morgan fingerprint density at radius 2 is 1.58 bits per heavy atom. The minimum atomic E-state index is -0.616. The summed E-state index contributed by atoms with van der Waals surface area (Å²) >= 11 is 0. The molecule has 0 aliphatic heterocycles. The SMILES string of the molecule is COC(=O)[C@]12CCC(C)(C)CC1C1=CCC3[C@@]4(C)CC(C(=O)NCCc5ccccc5)C(=O)C(C)(C)C4CC[C@@]3(C)[C@]1(C)CC2. The molecule has 0 aromatic heterocycles. The van der Waals surface area contributed by atoms with Crippen molar-refractivity contribution in [3.63, 3.8) is 0 Å². The van der Waals surface area contributed by atoms with E-state index in [1.165, 1.54) is 11.1 Å². The van der Waals surface area contributed by atoms with Gasteiger partial charge in [0, 0.05) is 12.0 Å². The molecule has 5 aliphatic carbocycles. The molecule has 5 heteroatoms. The van der Waals surface area contributed by atoms with Gasteiger partial charge in [0.1, 0.15) is 0 Å². The lowest BCUT2D eigenvalue weighted by Gasteiger charge is -2.71. The second kappa shape index (κ2) is 10.8. The minimum Gasteiger partial charge on any atom is -0.469 e. The summed E-state index contributed by atoms with van der Waals surface area (Å²) in [6, 6.07) is 10.2. The molecule has 1 aromatic carbocycles. The normalized spacial score (nSPS) is 41.3. The third-order valence-corrected chi connectivity index (χ3v) is 14.8. The van der Waals surface area contributed by atoms with Crippen LogP contribution in [0.5, 0.6) is 0 Å². The zero-order valence-corrected chi connectivity index (χ0v) is 29.2. The average Bonchev–Trinajstić information content (AvgIpc) is 2.99. The van der Waals surface area contributed by atoms with Gasteiger partial charge in [0.05, 0.1) is 18.4 Å². The molecule has 0 spiro atoms. The zero-order valence-electron chi connectivity index (χ0n) is 29.2. The molecular formula is C40H57NO4. The number of hydrogen-bond donors (Lipinski definition) is 1. The van der Waals surface area contributed by atoms with Gasteiger partial charge in [-0.1, -0.05) is 90.4 Å². The summed E-state index contributed by atoms with van der Waals surface area (Å²) in [5.74, 6) is 0.217. The van der Waals surface area contributed by atoms with E-state index >= 15 is 0 Å². The molecule has 4 saturated carbocycles. The fourth-order valence-corrected chi connectivity index (χ4v) is 12.1. The lowest BCUT2D eigenvalue weighted by Crippen LogP contribution is -2.66. The Balaban J connectivity index is 1.33. The fraction of sp³-hybridized carbons (Fsp3) is 0.725. The van der Waals surface area contributed by atoms with Crippen molar-refractivity contribution in [1.82, 2.24) is 5.32 Å². The van der Waals surface area contributed by atoms with Gasteiger partial charge in [0.2, 0.25) is 5.91 Å². The molecule has 5 aliphatic rings. The van der Waals surface area contributed by atoms with Crippen LogP contribution in [0.25, 0.3) is 0 Å². The van der Waals surface area contributed by atoms with E-state index in [0.29, 0.717) is 18.9 Å². The average molecular weight is 616 g/mol. The van der Waals surface area contributed by atoms with Crippen LogP contribution in [0.15, 0.2) is 42.0 Å². The number of esters is 1. The molecule has 6 rings (SSSR count). The molecule has 0 heterocycles. The Bertz CT molecular complexity index is 1390. The monoisotopic (exact) mass is 615 g/mol. The van der Waals surface area contributed by atoms with Gasteiger partial charge in [0.15, 0.2) is 5.78 Å². The van der Waals surface area contributed by atoms with Crippen LogP contribution in [-0.4, -0.2) is 31.3 Å². The van der Waals surface area contributed by atoms with Crippen molar-refractivity contribution in [1.29, 1.82) is 0 Å². The maximum absolute atomic E-state index is 14.1. The number of carbonyl (C=O) groups excluding carboxylic acids is 3. The van der Waals surface area contributed by atoms with Gasteiger partial charge in [-0.3, -0.25) is 14.4 Å². The molecule has 1 aromatic rings. The van der Waals surface area contributed by atoms with Gasteiger partial charge in [-0.05, 0) is 109 Å². The topological polar surface area (TPSA) is 72.5 Å². The van der Waals surface area contributed by atoms with Crippen LogP contribution < -0.4 is 5.32 Å². The maximum atomic E-state index is 14.1. The van der Waals surface area contributed by atoms with Crippen LogP contribution in [0.4, 0.5) is 0 Å². The molecule has 246 valence electrons. The third-order valence-electron chi connectivity index (χ3n) is 14.8. The Labute approximate surface area is 271 Å². The highest BCUT2D eigenvalue weighted by molar-refractivity contribution is 6.04. The molecule has 1 amide bonds. The summed E-state index contributed by atoms with van der Waals surface area (Å²) in [4.78, 5) is 41.4. The Hall–Kier alpha value is -2.43. The van der Waals surface area contributed by atoms with E-state index in [0.717, 1.165) is 57.8 Å². The molecule has 1 N–H and O–H groups in total. The highest BCUT2D eigenvalue weighted by atomic mass is 16.5. The van der Waals surface area contributed by atoms with Gasteiger partial charge < -0.3 is 10.1 Å². The van der Waals surface area contributed by atoms with Crippen LogP contribution >= 0.6 is 0 Å². The van der Waals surface area contributed by atoms with Crippen molar-refractivity contribution >= 4 is 17.7 Å². The van der Waals surface area contributed by atoms with E-state index in [9.17, 15) is 14.4 Å². The van der Waals surface area contributed by atoms with Crippen molar-refractivity contribution in [2.45, 2.75) is 113 Å². The summed E-state index contributed by atoms with van der Waals surface area (Å²) in [5.41, 5.74) is 1.77. The molecule has 4 fully saturated rings. The number of hydrogen-bond acceptors (Lipinski definition) is 4. The number of allylic oxidation sites excluding steroid dienone is 2. The predicted octanol–water partition coefficient (Wildman–Crippen LogP) is 8.12. The number of benzene rings is 1. The Morgan fingerprint density at radius 3 is 2.27 bits per heavy atom. The van der Waals surface area contributed by atoms with Crippen molar-refractivity contribution in [3.05, 3.63) is 47.5 Å². The van der Waals surface area contributed by atoms with Crippen LogP contribution in [-0.2, 0) is 25.5 Å². The molecule has 5 nitrogen and oxygen atoms in total. The van der Waals surface area contributed by atoms with Gasteiger partial charge in [-0.25, -0.2) is 0 Å². The molecule has 0 saturated heterocycles. The second-order valence-corrected chi connectivity index (χ2v) is 17.7. The van der Waals surface area contributed by atoms with Crippen LogP contribution in [0.3, 0.4) is 0 Å². The van der Waals surface area contributed by atoms with E-state index in [1.807, 2.05) is 18.2 Å². The minimum absolute atomic E-state index is 0.0115. The summed E-state index contributed by atoms with van der Waals surface area (Å²) in [6.07, 6.45) is 11.8. The predicted molar refractivity (Wildman–Crippen MR) is 178 cm³/mol. The smallest absolute Gasteiger partial charge is 0.312 e.